The van der Waals surface area contributed by atoms with Crippen LogP contribution in [0.2, 0.25) is 0 Å². The van der Waals surface area contributed by atoms with E-state index in [-0.39, 0.29) is 0 Å². The lowest BCUT2D eigenvalue weighted by Gasteiger charge is -2.30. The van der Waals surface area contributed by atoms with E-state index in [9.17, 15) is 4.21 Å². The average Bonchev–Trinajstić information content (AvgIpc) is 2.60. The van der Waals surface area contributed by atoms with E-state index < -0.39 is 10.8 Å². The molecule has 5 heteroatoms. The van der Waals surface area contributed by atoms with Gasteiger partial charge in [0, 0.05) is 34.4 Å². The highest BCUT2D eigenvalue weighted by molar-refractivity contribution is 7.85. The molecule has 146 valence electrons. The van der Waals surface area contributed by atoms with Gasteiger partial charge in [-0.1, -0.05) is 31.0 Å². The van der Waals surface area contributed by atoms with Crippen LogP contribution in [0.4, 0.5) is 0 Å². The van der Waals surface area contributed by atoms with Crippen molar-refractivity contribution in [1.82, 2.24) is 10.6 Å². The van der Waals surface area contributed by atoms with E-state index in [0.717, 1.165) is 43.9 Å². The maximum atomic E-state index is 12.2. The largest absolute Gasteiger partial charge is 0.357 e. The Balaban J connectivity index is 2.06. The summed E-state index contributed by atoms with van der Waals surface area (Å²) in [6.07, 6.45) is 4.34. The Morgan fingerprint density at radius 3 is 2.50 bits per heavy atom. The quantitative estimate of drug-likeness (QED) is 0.586. The standard InChI is InChI=1S/C21H35N3OS/c1-6-22-21(23-14-20-16(4)11-15(3)12-17(20)5)24-18-9-8-10-19(13-18)26(25)7-2/h11-12,18-19H,6-10,13-14H2,1-5H3,(H2,22,23,24). The molecule has 0 saturated heterocycles. The predicted octanol–water partition coefficient (Wildman–Crippen LogP) is 3.75. The number of nitrogens with zero attached hydrogens (tertiary/aromatic N) is 1. The van der Waals surface area contributed by atoms with E-state index in [1.807, 2.05) is 6.92 Å². The molecule has 1 aromatic rings. The Kier molecular flexibility index (Phi) is 8.14. The molecule has 1 saturated carbocycles. The number of hydrogen-bond donors (Lipinski definition) is 2. The summed E-state index contributed by atoms with van der Waals surface area (Å²) < 4.78 is 12.2. The second-order valence-electron chi connectivity index (χ2n) is 7.37. The molecule has 4 nitrogen and oxygen atoms in total. The van der Waals surface area contributed by atoms with Crippen molar-refractivity contribution in [3.05, 3.63) is 34.4 Å². The van der Waals surface area contributed by atoms with Crippen LogP contribution in [-0.2, 0) is 17.3 Å². The number of benzene rings is 1. The highest BCUT2D eigenvalue weighted by atomic mass is 32.2. The van der Waals surface area contributed by atoms with Gasteiger partial charge in [0.05, 0.1) is 6.54 Å². The molecule has 1 aliphatic carbocycles. The molecule has 3 unspecified atom stereocenters. The Morgan fingerprint density at radius 1 is 1.19 bits per heavy atom. The van der Waals surface area contributed by atoms with E-state index in [0.29, 0.717) is 17.8 Å². The molecule has 3 atom stereocenters. The number of aryl methyl sites for hydroxylation is 3. The molecule has 1 fully saturated rings. The van der Waals surface area contributed by atoms with Crippen molar-refractivity contribution in [2.75, 3.05) is 12.3 Å². The van der Waals surface area contributed by atoms with Crippen molar-refractivity contribution in [2.45, 2.75) is 78.1 Å². The van der Waals surface area contributed by atoms with Gasteiger partial charge in [-0.25, -0.2) is 4.99 Å². The maximum absolute atomic E-state index is 12.2. The van der Waals surface area contributed by atoms with Gasteiger partial charge in [0.2, 0.25) is 0 Å². The van der Waals surface area contributed by atoms with E-state index in [1.165, 1.54) is 22.3 Å². The fourth-order valence-corrected chi connectivity index (χ4v) is 5.23. The van der Waals surface area contributed by atoms with Crippen LogP contribution in [-0.4, -0.2) is 33.8 Å². The molecular weight excluding hydrogens is 342 g/mol. The molecule has 0 spiro atoms. The summed E-state index contributed by atoms with van der Waals surface area (Å²) in [4.78, 5) is 4.84. The summed E-state index contributed by atoms with van der Waals surface area (Å²) in [6.45, 7) is 12.1. The average molecular weight is 378 g/mol. The zero-order valence-corrected chi connectivity index (χ0v) is 17.8. The van der Waals surface area contributed by atoms with Crippen LogP contribution < -0.4 is 10.6 Å². The van der Waals surface area contributed by atoms with Crippen LogP contribution in [0.25, 0.3) is 0 Å². The van der Waals surface area contributed by atoms with Crippen molar-refractivity contribution >= 4 is 16.8 Å². The minimum Gasteiger partial charge on any atom is -0.357 e. The lowest BCUT2D eigenvalue weighted by molar-refractivity contribution is 0.413. The van der Waals surface area contributed by atoms with Gasteiger partial charge in [-0.05, 0) is 63.6 Å². The number of nitrogens with one attached hydrogen (secondary N) is 2. The first-order valence-corrected chi connectivity index (χ1v) is 11.3. The third kappa shape index (κ3) is 5.83. The monoisotopic (exact) mass is 377 g/mol. The zero-order chi connectivity index (χ0) is 19.1. The first-order chi connectivity index (χ1) is 12.4. The summed E-state index contributed by atoms with van der Waals surface area (Å²) in [5.41, 5.74) is 5.22. The van der Waals surface area contributed by atoms with Crippen molar-refractivity contribution in [1.29, 1.82) is 0 Å². The summed E-state index contributed by atoms with van der Waals surface area (Å²) in [5, 5.41) is 7.29. The number of aliphatic imine (C=N–C) groups is 1. The zero-order valence-electron chi connectivity index (χ0n) is 17.0. The van der Waals surface area contributed by atoms with Crippen LogP contribution >= 0.6 is 0 Å². The summed E-state index contributed by atoms with van der Waals surface area (Å²) in [5.74, 6) is 1.64. The van der Waals surface area contributed by atoms with Crippen molar-refractivity contribution in [3.63, 3.8) is 0 Å². The van der Waals surface area contributed by atoms with E-state index in [2.05, 4.69) is 50.5 Å². The third-order valence-electron chi connectivity index (χ3n) is 5.20. The fourth-order valence-electron chi connectivity index (χ4n) is 3.88. The van der Waals surface area contributed by atoms with Gasteiger partial charge in [-0.2, -0.15) is 0 Å². The first-order valence-electron chi connectivity index (χ1n) is 9.93. The molecule has 0 aromatic heterocycles. The van der Waals surface area contributed by atoms with E-state index in [4.69, 9.17) is 4.99 Å². The minimum absolute atomic E-state index is 0.329. The van der Waals surface area contributed by atoms with Crippen LogP contribution in [0.5, 0.6) is 0 Å². The molecule has 1 aliphatic rings. The van der Waals surface area contributed by atoms with Crippen molar-refractivity contribution in [3.8, 4) is 0 Å². The number of rotatable bonds is 6. The summed E-state index contributed by atoms with van der Waals surface area (Å²) in [7, 11) is -0.695. The van der Waals surface area contributed by atoms with Crippen molar-refractivity contribution in [2.24, 2.45) is 4.99 Å². The summed E-state index contributed by atoms with van der Waals surface area (Å²) >= 11 is 0. The van der Waals surface area contributed by atoms with Gasteiger partial charge >= 0.3 is 0 Å². The second kappa shape index (κ2) is 10.1. The normalized spacial score (nSPS) is 22.1. The minimum atomic E-state index is -0.695. The van der Waals surface area contributed by atoms with Crippen LogP contribution in [0.3, 0.4) is 0 Å². The van der Waals surface area contributed by atoms with Gasteiger partial charge in [0.1, 0.15) is 0 Å². The molecule has 0 amide bonds. The fraction of sp³-hybridized carbons (Fsp3) is 0.667. The molecular formula is C21H35N3OS. The van der Waals surface area contributed by atoms with Crippen LogP contribution in [0.15, 0.2) is 17.1 Å². The van der Waals surface area contributed by atoms with Crippen LogP contribution in [0, 0.1) is 20.8 Å². The highest BCUT2D eigenvalue weighted by Crippen LogP contribution is 2.23. The first kappa shape index (κ1) is 20.9. The molecule has 1 aromatic carbocycles. The van der Waals surface area contributed by atoms with Crippen molar-refractivity contribution < 1.29 is 4.21 Å². The smallest absolute Gasteiger partial charge is 0.191 e. The molecule has 0 radical (unpaired) electrons. The van der Waals surface area contributed by atoms with Gasteiger partial charge in [0.15, 0.2) is 5.96 Å². The third-order valence-corrected chi connectivity index (χ3v) is 6.94. The molecule has 0 heterocycles. The molecule has 2 rings (SSSR count). The molecule has 0 aliphatic heterocycles. The number of guanidine groups is 1. The predicted molar refractivity (Wildman–Crippen MR) is 113 cm³/mol. The molecule has 2 N–H and O–H groups in total. The van der Waals surface area contributed by atoms with E-state index >= 15 is 0 Å². The molecule has 0 bridgehead atoms. The van der Waals surface area contributed by atoms with Gasteiger partial charge < -0.3 is 10.6 Å². The highest BCUT2D eigenvalue weighted by Gasteiger charge is 2.26. The van der Waals surface area contributed by atoms with Gasteiger partial charge in [0.25, 0.3) is 0 Å². The topological polar surface area (TPSA) is 53.5 Å². The van der Waals surface area contributed by atoms with E-state index in [1.54, 1.807) is 0 Å². The summed E-state index contributed by atoms with van der Waals surface area (Å²) in [6, 6.07) is 4.82. The Hall–Kier alpha value is -1.36. The lowest BCUT2D eigenvalue weighted by atomic mass is 9.95. The SMILES string of the molecule is CCNC(=NCc1c(C)cc(C)cc1C)NC1CCCC(S(=O)CC)C1. The lowest BCUT2D eigenvalue weighted by Crippen LogP contribution is -2.46. The Bertz CT molecular complexity index is 634. The maximum Gasteiger partial charge on any atom is 0.191 e. The number of hydrogen-bond acceptors (Lipinski definition) is 2. The Morgan fingerprint density at radius 2 is 1.88 bits per heavy atom. The van der Waals surface area contributed by atoms with Crippen LogP contribution in [0.1, 0.15) is 61.8 Å². The molecule has 26 heavy (non-hydrogen) atoms. The van der Waals surface area contributed by atoms with Gasteiger partial charge in [-0.3, -0.25) is 4.21 Å². The van der Waals surface area contributed by atoms with Gasteiger partial charge in [-0.15, -0.1) is 0 Å². The second-order valence-corrected chi connectivity index (χ2v) is 9.38. The Labute approximate surface area is 161 Å².